The van der Waals surface area contributed by atoms with Crippen LogP contribution in [0.3, 0.4) is 0 Å². The molecule has 2 aromatic carbocycles. The fraction of sp³-hybridized carbons (Fsp3) is 0.393. The molecule has 2 amide bonds. The molecule has 2 aromatic rings. The van der Waals surface area contributed by atoms with Crippen LogP contribution in [0, 0.1) is 11.8 Å². The van der Waals surface area contributed by atoms with Gasteiger partial charge in [0.2, 0.25) is 5.91 Å². The van der Waals surface area contributed by atoms with Crippen LogP contribution in [0.25, 0.3) is 0 Å². The third-order valence-corrected chi connectivity index (χ3v) is 5.60. The number of rotatable bonds is 10. The van der Waals surface area contributed by atoms with Crippen molar-refractivity contribution in [2.45, 2.75) is 51.2 Å². The lowest BCUT2D eigenvalue weighted by atomic mass is 9.99. The summed E-state index contributed by atoms with van der Waals surface area (Å²) >= 11 is 0. The number of aliphatic hydroxyl groups excluding tert-OH is 1. The van der Waals surface area contributed by atoms with Crippen LogP contribution in [-0.4, -0.2) is 65.1 Å². The topological polar surface area (TPSA) is 107 Å². The van der Waals surface area contributed by atoms with Crippen molar-refractivity contribution in [3.05, 3.63) is 70.8 Å². The van der Waals surface area contributed by atoms with E-state index in [1.807, 2.05) is 26.0 Å². The Balaban J connectivity index is 2.00. The van der Waals surface area contributed by atoms with E-state index in [-0.39, 0.29) is 0 Å². The van der Waals surface area contributed by atoms with Gasteiger partial charge >= 0.3 is 0 Å². The number of likely N-dealkylation sites (N-methyl/N-ethyl adjacent to an activating group) is 2. The maximum atomic E-state index is 12.8. The highest BCUT2D eigenvalue weighted by molar-refractivity contribution is 6.10. The minimum Gasteiger partial charge on any atom is -0.390 e. The van der Waals surface area contributed by atoms with Crippen LogP contribution >= 0.6 is 0 Å². The number of aliphatic hydroxyl groups is 2. The summed E-state index contributed by atoms with van der Waals surface area (Å²) in [5.74, 6) is 4.23. The van der Waals surface area contributed by atoms with E-state index in [2.05, 4.69) is 29.3 Å². The van der Waals surface area contributed by atoms with Gasteiger partial charge in [0.25, 0.3) is 5.91 Å². The number of amides is 2. The largest absolute Gasteiger partial charge is 0.390 e. The fourth-order valence-electron chi connectivity index (χ4n) is 3.56. The van der Waals surface area contributed by atoms with Gasteiger partial charge in [-0.3, -0.25) is 14.4 Å². The number of hydrogen-bond acceptors (Lipinski definition) is 5. The molecule has 0 aliphatic carbocycles. The van der Waals surface area contributed by atoms with Gasteiger partial charge in [-0.05, 0) is 75.1 Å². The van der Waals surface area contributed by atoms with E-state index in [4.69, 9.17) is 5.11 Å². The van der Waals surface area contributed by atoms with Gasteiger partial charge in [-0.1, -0.05) is 30.4 Å². The number of hydrogen-bond donors (Lipinski definition) is 3. The highest BCUT2D eigenvalue weighted by atomic mass is 16.3. The molecule has 0 radical (unpaired) electrons. The third kappa shape index (κ3) is 8.67. The van der Waals surface area contributed by atoms with Crippen LogP contribution < -0.4 is 5.32 Å². The van der Waals surface area contributed by atoms with Crippen molar-refractivity contribution in [2.24, 2.45) is 0 Å². The smallest absolute Gasteiger partial charge is 0.254 e. The lowest BCUT2D eigenvalue weighted by molar-refractivity contribution is -0.135. The molecule has 0 saturated carbocycles. The maximum Gasteiger partial charge on any atom is 0.254 e. The van der Waals surface area contributed by atoms with Crippen LogP contribution in [0.2, 0.25) is 0 Å². The van der Waals surface area contributed by atoms with Crippen LogP contribution in [0.4, 0.5) is 0 Å². The van der Waals surface area contributed by atoms with Gasteiger partial charge in [0.15, 0.2) is 11.8 Å². The number of nitrogens with one attached hydrogen (secondary N) is 1. The minimum absolute atomic E-state index is 0.298. The summed E-state index contributed by atoms with van der Waals surface area (Å²) in [6, 6.07) is 13.2. The molecule has 0 saturated heterocycles. The van der Waals surface area contributed by atoms with Crippen LogP contribution in [0.5, 0.6) is 0 Å². The van der Waals surface area contributed by atoms with Crippen molar-refractivity contribution in [1.82, 2.24) is 10.2 Å². The fourth-order valence-corrected chi connectivity index (χ4v) is 3.56. The summed E-state index contributed by atoms with van der Waals surface area (Å²) in [5.41, 5.74) is 2.50. The molecule has 35 heavy (non-hydrogen) atoms. The van der Waals surface area contributed by atoms with Crippen LogP contribution in [-0.2, 0) is 16.0 Å². The molecule has 7 nitrogen and oxygen atoms in total. The Bertz CT molecular complexity index is 1060. The zero-order valence-electron chi connectivity index (χ0n) is 20.8. The minimum atomic E-state index is -1.40. The van der Waals surface area contributed by atoms with Gasteiger partial charge in [-0.2, -0.15) is 0 Å². The van der Waals surface area contributed by atoms with Gasteiger partial charge in [-0.15, -0.1) is 0 Å². The first-order valence-electron chi connectivity index (χ1n) is 11.6. The summed E-state index contributed by atoms with van der Waals surface area (Å²) in [6.07, 6.45) is 3.74. The van der Waals surface area contributed by atoms with Gasteiger partial charge in [0.1, 0.15) is 6.61 Å². The summed E-state index contributed by atoms with van der Waals surface area (Å²) < 4.78 is 0. The second-order valence-electron chi connectivity index (χ2n) is 9.10. The van der Waals surface area contributed by atoms with E-state index >= 15 is 0 Å². The number of carbonyl (C=O) groups is 3. The van der Waals surface area contributed by atoms with E-state index < -0.39 is 35.8 Å². The molecule has 0 spiro atoms. The molecule has 0 aliphatic heterocycles. The number of ketones is 1. The Kier molecular flexibility index (Phi) is 10.2. The molecule has 186 valence electrons. The Morgan fingerprint density at radius 2 is 1.51 bits per heavy atom. The second-order valence-corrected chi connectivity index (χ2v) is 9.10. The molecule has 0 fully saturated rings. The molecule has 0 bridgehead atoms. The molecule has 2 rings (SSSR count). The highest BCUT2D eigenvalue weighted by Crippen LogP contribution is 2.15. The van der Waals surface area contributed by atoms with Crippen molar-refractivity contribution >= 4 is 17.6 Å². The number of nitrogens with zero attached hydrogens (tertiary/aromatic N) is 1. The third-order valence-electron chi connectivity index (χ3n) is 5.60. The van der Waals surface area contributed by atoms with E-state index in [1.54, 1.807) is 24.3 Å². The molecule has 1 unspecified atom stereocenters. The number of carbonyl (C=O) groups excluding carboxylic acids is 3. The molecular formula is C28H34N2O5. The summed E-state index contributed by atoms with van der Waals surface area (Å²) in [6.45, 7) is 2.82. The molecule has 1 atom stereocenters. The first-order chi connectivity index (χ1) is 16.6. The van der Waals surface area contributed by atoms with Crippen LogP contribution in [0.1, 0.15) is 60.2 Å². The molecular weight excluding hydrogens is 444 g/mol. The zero-order valence-corrected chi connectivity index (χ0v) is 20.8. The number of benzene rings is 2. The number of Topliss-reactive ketones (excluding diaryl/α,β-unsaturated/α-hetero) is 1. The zero-order chi connectivity index (χ0) is 26.0. The number of aryl methyl sites for hydroxylation is 1. The molecule has 0 aromatic heterocycles. The summed E-state index contributed by atoms with van der Waals surface area (Å²) in [7, 11) is 2.71. The van der Waals surface area contributed by atoms with E-state index in [0.717, 1.165) is 36.1 Å². The lowest BCUT2D eigenvalue weighted by Gasteiger charge is -2.25. The van der Waals surface area contributed by atoms with Crippen molar-refractivity contribution in [1.29, 1.82) is 0 Å². The van der Waals surface area contributed by atoms with E-state index in [1.165, 1.54) is 19.7 Å². The molecule has 0 aliphatic rings. The monoisotopic (exact) mass is 478 g/mol. The number of unbranched alkanes of at least 4 members (excludes halogenated alkanes) is 1. The predicted octanol–water partition coefficient (Wildman–Crippen LogP) is 2.32. The summed E-state index contributed by atoms with van der Waals surface area (Å²) in [5, 5.41) is 21.3. The molecule has 3 N–H and O–H groups in total. The van der Waals surface area contributed by atoms with E-state index in [9.17, 15) is 19.5 Å². The highest BCUT2D eigenvalue weighted by Gasteiger charge is 2.32. The SMILES string of the molecule is CNC(=O)C(C(=O)CO)N(C)C(=O)c1ccc(C#Cc2ccc(CCCCC(C)(C)O)cc2)cc1. The quantitative estimate of drug-likeness (QED) is 0.276. The van der Waals surface area contributed by atoms with Crippen molar-refractivity contribution in [3.8, 4) is 11.8 Å². The van der Waals surface area contributed by atoms with Gasteiger partial charge < -0.3 is 20.4 Å². The predicted molar refractivity (Wildman–Crippen MR) is 135 cm³/mol. The van der Waals surface area contributed by atoms with E-state index in [0.29, 0.717) is 11.1 Å². The standard InChI is InChI=1S/C28H34N2O5/c1-28(2,35)18-6-5-7-20-8-10-21(11-9-20)12-13-22-14-16-23(17-15-22)27(34)30(4)25(24(32)19-31)26(33)29-3/h8-11,14-17,25,31,35H,5-7,18-19H2,1-4H3,(H,29,33). The Morgan fingerprint density at radius 3 is 2.00 bits per heavy atom. The van der Waals surface area contributed by atoms with Gasteiger partial charge in [0, 0.05) is 30.8 Å². The average molecular weight is 479 g/mol. The first-order valence-corrected chi connectivity index (χ1v) is 11.6. The first kappa shape index (κ1) is 27.8. The lowest BCUT2D eigenvalue weighted by Crippen LogP contribution is -2.52. The van der Waals surface area contributed by atoms with Gasteiger partial charge in [0.05, 0.1) is 5.60 Å². The average Bonchev–Trinajstić information content (AvgIpc) is 2.85. The Morgan fingerprint density at radius 1 is 0.971 bits per heavy atom. The second kappa shape index (κ2) is 12.8. The van der Waals surface area contributed by atoms with Crippen molar-refractivity contribution < 1.29 is 24.6 Å². The molecule has 7 heteroatoms. The Labute approximate surface area is 207 Å². The van der Waals surface area contributed by atoms with Crippen LogP contribution in [0.15, 0.2) is 48.5 Å². The van der Waals surface area contributed by atoms with Crippen molar-refractivity contribution in [2.75, 3.05) is 20.7 Å². The summed E-state index contributed by atoms with van der Waals surface area (Å²) in [4.78, 5) is 37.8. The normalized spacial score (nSPS) is 11.7. The van der Waals surface area contributed by atoms with Crippen molar-refractivity contribution in [3.63, 3.8) is 0 Å². The molecule has 0 heterocycles. The van der Waals surface area contributed by atoms with Gasteiger partial charge in [-0.25, -0.2) is 0 Å². The Hall–Kier alpha value is -3.47. The maximum absolute atomic E-state index is 12.8.